The fraction of sp³-hybridized carbons (Fsp3) is 0.111. The topological polar surface area (TPSA) is 55.1 Å². The van der Waals surface area contributed by atoms with Gasteiger partial charge in [0, 0.05) is 16.5 Å². The largest absolute Gasteiger partial charge is 0.356 e. The fourth-order valence-electron chi connectivity index (χ4n) is 2.05. The third kappa shape index (κ3) is 4.45. The van der Waals surface area contributed by atoms with Crippen molar-refractivity contribution < 1.29 is 13.7 Å². The molecule has 1 amide bonds. The number of amides is 1. The summed E-state index contributed by atoms with van der Waals surface area (Å²) in [5.41, 5.74) is 1.60. The molecule has 0 bridgehead atoms. The van der Waals surface area contributed by atoms with Crippen LogP contribution in [-0.2, 0) is 11.3 Å². The average Bonchev–Trinajstić information content (AvgIpc) is 3.09. The lowest BCUT2D eigenvalue weighted by molar-refractivity contribution is -0.118. The lowest BCUT2D eigenvalue weighted by atomic mass is 10.2. The summed E-state index contributed by atoms with van der Waals surface area (Å²) in [6, 6.07) is 17.5. The molecule has 1 N–H and O–H groups in total. The molecular formula is C18H15FN2O2S. The molecule has 3 aromatic rings. The van der Waals surface area contributed by atoms with Gasteiger partial charge < -0.3 is 9.84 Å². The highest BCUT2D eigenvalue weighted by Gasteiger charge is 2.08. The second kappa shape index (κ2) is 7.79. The van der Waals surface area contributed by atoms with E-state index in [4.69, 9.17) is 4.52 Å². The molecule has 2 aromatic carbocycles. The second-order valence-electron chi connectivity index (χ2n) is 5.07. The molecule has 4 nitrogen and oxygen atoms in total. The van der Waals surface area contributed by atoms with E-state index < -0.39 is 0 Å². The SMILES string of the molecule is O=C(CSc1ccc(F)cc1)NCc1cc(-c2ccccc2)on1. The molecule has 0 atom stereocenters. The van der Waals surface area contributed by atoms with Crippen molar-refractivity contribution in [2.24, 2.45) is 0 Å². The summed E-state index contributed by atoms with van der Waals surface area (Å²) in [4.78, 5) is 12.7. The zero-order chi connectivity index (χ0) is 16.8. The van der Waals surface area contributed by atoms with E-state index in [0.29, 0.717) is 18.0 Å². The smallest absolute Gasteiger partial charge is 0.230 e. The first-order valence-corrected chi connectivity index (χ1v) is 8.35. The van der Waals surface area contributed by atoms with E-state index in [9.17, 15) is 9.18 Å². The number of rotatable bonds is 6. The third-order valence-corrected chi connectivity index (χ3v) is 4.28. The highest BCUT2D eigenvalue weighted by molar-refractivity contribution is 8.00. The summed E-state index contributed by atoms with van der Waals surface area (Å²) in [6.45, 7) is 0.305. The van der Waals surface area contributed by atoms with Gasteiger partial charge in [-0.25, -0.2) is 4.39 Å². The predicted molar refractivity (Wildman–Crippen MR) is 90.9 cm³/mol. The number of nitrogens with zero attached hydrogens (tertiary/aromatic N) is 1. The molecule has 0 saturated heterocycles. The van der Waals surface area contributed by atoms with Crippen molar-refractivity contribution in [3.05, 3.63) is 72.2 Å². The summed E-state index contributed by atoms with van der Waals surface area (Å²) in [5.74, 6) is 0.521. The van der Waals surface area contributed by atoms with Gasteiger partial charge in [-0.2, -0.15) is 0 Å². The van der Waals surface area contributed by atoms with E-state index in [1.807, 2.05) is 36.4 Å². The number of aromatic nitrogens is 1. The minimum atomic E-state index is -0.288. The lowest BCUT2D eigenvalue weighted by Gasteiger charge is -2.03. The summed E-state index contributed by atoms with van der Waals surface area (Å²) in [7, 11) is 0. The molecule has 0 aliphatic rings. The molecular weight excluding hydrogens is 327 g/mol. The van der Waals surface area contributed by atoms with Crippen molar-refractivity contribution >= 4 is 17.7 Å². The Morgan fingerprint density at radius 3 is 2.62 bits per heavy atom. The Morgan fingerprint density at radius 1 is 1.12 bits per heavy atom. The summed E-state index contributed by atoms with van der Waals surface area (Å²) in [5, 5.41) is 6.74. The van der Waals surface area contributed by atoms with Gasteiger partial charge in [0.25, 0.3) is 0 Å². The van der Waals surface area contributed by atoms with Crippen LogP contribution >= 0.6 is 11.8 Å². The van der Waals surface area contributed by atoms with Crippen LogP contribution in [0, 0.1) is 5.82 Å². The first kappa shape index (κ1) is 16.3. The molecule has 1 heterocycles. The Kier molecular flexibility index (Phi) is 5.28. The van der Waals surface area contributed by atoms with Gasteiger partial charge in [0.05, 0.1) is 12.3 Å². The maximum absolute atomic E-state index is 12.8. The van der Waals surface area contributed by atoms with Gasteiger partial charge >= 0.3 is 0 Å². The van der Waals surface area contributed by atoms with Gasteiger partial charge in [-0.05, 0) is 24.3 Å². The molecule has 1 aromatic heterocycles. The zero-order valence-corrected chi connectivity index (χ0v) is 13.6. The van der Waals surface area contributed by atoms with E-state index in [-0.39, 0.29) is 17.5 Å². The Hall–Kier alpha value is -2.60. The van der Waals surface area contributed by atoms with Crippen molar-refractivity contribution in [3.63, 3.8) is 0 Å². The van der Waals surface area contributed by atoms with Crippen LogP contribution in [0.5, 0.6) is 0 Å². The number of carbonyl (C=O) groups excluding carboxylic acids is 1. The van der Waals surface area contributed by atoms with Crippen molar-refractivity contribution in [2.45, 2.75) is 11.4 Å². The van der Waals surface area contributed by atoms with Crippen molar-refractivity contribution in [2.75, 3.05) is 5.75 Å². The highest BCUT2D eigenvalue weighted by Crippen LogP contribution is 2.20. The Balaban J connectivity index is 1.48. The van der Waals surface area contributed by atoms with E-state index >= 15 is 0 Å². The Labute approximate surface area is 143 Å². The third-order valence-electron chi connectivity index (χ3n) is 3.27. The van der Waals surface area contributed by atoms with E-state index in [2.05, 4.69) is 10.5 Å². The molecule has 24 heavy (non-hydrogen) atoms. The van der Waals surface area contributed by atoms with Crippen LogP contribution in [-0.4, -0.2) is 16.8 Å². The molecule has 0 spiro atoms. The van der Waals surface area contributed by atoms with E-state index in [1.165, 1.54) is 23.9 Å². The van der Waals surface area contributed by atoms with Crippen LogP contribution in [0.1, 0.15) is 5.69 Å². The van der Waals surface area contributed by atoms with Gasteiger partial charge in [0.15, 0.2) is 5.76 Å². The molecule has 0 fully saturated rings. The van der Waals surface area contributed by atoms with Crippen LogP contribution in [0.25, 0.3) is 11.3 Å². The zero-order valence-electron chi connectivity index (χ0n) is 12.7. The first-order chi connectivity index (χ1) is 11.7. The normalized spacial score (nSPS) is 10.5. The van der Waals surface area contributed by atoms with Crippen molar-refractivity contribution in [3.8, 4) is 11.3 Å². The molecule has 0 aliphatic heterocycles. The average molecular weight is 342 g/mol. The molecule has 0 saturated carbocycles. The molecule has 0 unspecified atom stereocenters. The summed E-state index contributed by atoms with van der Waals surface area (Å²) in [6.07, 6.45) is 0. The number of halogens is 1. The quantitative estimate of drug-likeness (QED) is 0.691. The molecule has 122 valence electrons. The minimum absolute atomic E-state index is 0.117. The Bertz CT molecular complexity index is 803. The standard InChI is InChI=1S/C18H15FN2O2S/c19-14-6-8-16(9-7-14)24-12-18(22)20-11-15-10-17(23-21-15)13-4-2-1-3-5-13/h1-10H,11-12H2,(H,20,22). The van der Waals surface area contributed by atoms with Crippen LogP contribution in [0.4, 0.5) is 4.39 Å². The summed E-state index contributed by atoms with van der Waals surface area (Å²) >= 11 is 1.35. The number of nitrogens with one attached hydrogen (secondary N) is 1. The lowest BCUT2D eigenvalue weighted by Crippen LogP contribution is -2.24. The van der Waals surface area contributed by atoms with Crippen LogP contribution < -0.4 is 5.32 Å². The number of carbonyl (C=O) groups is 1. The summed E-state index contributed by atoms with van der Waals surface area (Å²) < 4.78 is 18.1. The highest BCUT2D eigenvalue weighted by atomic mass is 32.2. The van der Waals surface area contributed by atoms with Crippen LogP contribution in [0.2, 0.25) is 0 Å². The molecule has 0 aliphatic carbocycles. The van der Waals surface area contributed by atoms with Crippen LogP contribution in [0.3, 0.4) is 0 Å². The van der Waals surface area contributed by atoms with Crippen molar-refractivity contribution in [1.82, 2.24) is 10.5 Å². The molecule has 3 rings (SSSR count). The van der Waals surface area contributed by atoms with Gasteiger partial charge in [-0.15, -0.1) is 11.8 Å². The monoisotopic (exact) mass is 342 g/mol. The van der Waals surface area contributed by atoms with Gasteiger partial charge in [-0.3, -0.25) is 4.79 Å². The van der Waals surface area contributed by atoms with Crippen LogP contribution in [0.15, 0.2) is 70.1 Å². The van der Waals surface area contributed by atoms with Gasteiger partial charge in [0.1, 0.15) is 11.5 Å². The molecule has 0 radical (unpaired) electrons. The second-order valence-corrected chi connectivity index (χ2v) is 6.12. The molecule has 6 heteroatoms. The minimum Gasteiger partial charge on any atom is -0.356 e. The van der Waals surface area contributed by atoms with Gasteiger partial charge in [0.2, 0.25) is 5.91 Å². The number of hydrogen-bond donors (Lipinski definition) is 1. The van der Waals surface area contributed by atoms with Crippen molar-refractivity contribution in [1.29, 1.82) is 0 Å². The fourth-order valence-corrected chi connectivity index (χ4v) is 2.78. The maximum atomic E-state index is 12.8. The van der Waals surface area contributed by atoms with E-state index in [1.54, 1.807) is 12.1 Å². The number of hydrogen-bond acceptors (Lipinski definition) is 4. The van der Waals surface area contributed by atoms with Gasteiger partial charge in [-0.1, -0.05) is 35.5 Å². The Morgan fingerprint density at radius 2 is 1.88 bits per heavy atom. The van der Waals surface area contributed by atoms with E-state index in [0.717, 1.165) is 10.5 Å². The maximum Gasteiger partial charge on any atom is 0.230 e. The predicted octanol–water partition coefficient (Wildman–Crippen LogP) is 3.89. The number of thioether (sulfide) groups is 1. The number of benzene rings is 2. The first-order valence-electron chi connectivity index (χ1n) is 7.37.